The second-order valence-electron chi connectivity index (χ2n) is 6.56. The maximum absolute atomic E-state index is 8.52. The summed E-state index contributed by atoms with van der Waals surface area (Å²) in [5, 5.41) is 15.4. The lowest BCUT2D eigenvalue weighted by atomic mass is 11.9. The molecule has 0 amide bonds. The molecule has 0 fully saturated rings. The average molecular weight is 845 g/mol. The molecule has 0 rings (SSSR count). The summed E-state index contributed by atoms with van der Waals surface area (Å²) in [6, 6.07) is 0. The molecule has 0 aliphatic rings. The molecular weight excluding hydrogens is 806 g/mol. The molecule has 2 atom stereocenters. The number of nitrogens with zero attached hydrogens (tertiary/aromatic N) is 2. The van der Waals surface area contributed by atoms with Crippen molar-refractivity contribution in [2.24, 2.45) is 9.82 Å². The van der Waals surface area contributed by atoms with Gasteiger partial charge in [0.15, 0.2) is 13.0 Å². The van der Waals surface area contributed by atoms with Gasteiger partial charge in [0.05, 0.1) is 0 Å². The summed E-state index contributed by atoms with van der Waals surface area (Å²) in [6.07, 6.45) is 0. The summed E-state index contributed by atoms with van der Waals surface area (Å²) >= 11 is 36.5. The van der Waals surface area contributed by atoms with Crippen LogP contribution in [0.3, 0.4) is 0 Å². The maximum Gasteiger partial charge on any atom is 0.233 e. The van der Waals surface area contributed by atoms with Crippen LogP contribution >= 0.6 is 92.1 Å². The zero-order chi connectivity index (χ0) is 32.9. The van der Waals surface area contributed by atoms with Crippen LogP contribution in [0.4, 0.5) is 0 Å². The lowest BCUT2D eigenvalue weighted by Crippen LogP contribution is -1.68. The van der Waals surface area contributed by atoms with Crippen LogP contribution in [-0.4, -0.2) is 108 Å². The Kier molecular flexibility index (Phi) is 41.9. The zero-order valence-electron chi connectivity index (χ0n) is 20.8. The normalized spacial score (nSPS) is 14.2. The van der Waals surface area contributed by atoms with Crippen LogP contribution in [0.15, 0.2) is 9.82 Å². The summed E-state index contributed by atoms with van der Waals surface area (Å²) < 4.78 is -1.42. The highest BCUT2D eigenvalue weighted by atomic mass is 33.2. The summed E-state index contributed by atoms with van der Waals surface area (Å²) in [6.45, 7) is 5.78. The molecule has 0 aliphatic heterocycles. The minimum Gasteiger partial charge on any atom is -0.358 e. The lowest BCUT2D eigenvalue weighted by Gasteiger charge is -1.95. The molecule has 13 nitrogen and oxygen atoms in total. The van der Waals surface area contributed by atoms with Crippen molar-refractivity contribution in [3.63, 3.8) is 0 Å². The van der Waals surface area contributed by atoms with E-state index in [2.05, 4.69) is 118 Å². The standard InChI is InChI=1S/C2H8NO2P.CH6NO3P.2CH5O2PS.2CH5OPS2.CH5PS3/c1-6(2,5)3-4;1-6(4,5)2-3;2*1-4(2,3)5;2*1-3(2,4)5;1-2(3,4)5/h4-5H,1-2H3;3-5H,1H3;2*1H3,(H2,2,3,5);2*1H3,(H2,2,4,5);1H3,(H2,3,4,5). The number of rotatable bonds is 0. The van der Waals surface area contributed by atoms with Crippen molar-refractivity contribution in [3.05, 3.63) is 0 Å². The first kappa shape index (κ1) is 57.3. The Morgan fingerprint density at radius 3 is 0.514 bits per heavy atom. The van der Waals surface area contributed by atoms with Crippen molar-refractivity contribution in [3.8, 4) is 0 Å². The first-order chi connectivity index (χ1) is 15.1. The van der Waals surface area contributed by atoms with Gasteiger partial charge in [-0.15, -0.1) is 58.8 Å². The van der Waals surface area contributed by atoms with Crippen LogP contribution in [0, 0.1) is 0 Å². The fraction of sp³-hybridized carbons (Fsp3) is 1.00. The zero-order valence-corrected chi connectivity index (χ0v) is 34.7. The molecule has 37 heavy (non-hydrogen) atoms. The smallest absolute Gasteiger partial charge is 0.233 e. The highest BCUT2D eigenvalue weighted by Crippen LogP contribution is 2.51. The average Bonchev–Trinajstić information content (AvgIpc) is 2.37. The molecule has 0 heterocycles. The fourth-order valence-electron chi connectivity index (χ4n) is 0. The highest BCUT2D eigenvalue weighted by molar-refractivity contribution is 8.92. The van der Waals surface area contributed by atoms with Crippen LogP contribution in [0.5, 0.6) is 0 Å². The topological polar surface area (TPSA) is 247 Å². The predicted octanol–water partition coefficient (Wildman–Crippen LogP) is 4.07. The van der Waals surface area contributed by atoms with E-state index in [-0.39, 0.29) is 0 Å². The Balaban J connectivity index is -0.0000000569. The van der Waals surface area contributed by atoms with E-state index in [0.717, 1.165) is 6.66 Å². The molecular formula is C8H39N2O11P7S9. The van der Waals surface area contributed by atoms with Gasteiger partial charge in [0.1, 0.15) is 18.2 Å². The molecule has 236 valence electrons. The van der Waals surface area contributed by atoms with Crippen LogP contribution in [0.2, 0.25) is 0 Å². The number of hydrogen-bond donors (Lipinski definition) is 15. The largest absolute Gasteiger partial charge is 0.358 e. The molecule has 29 heteroatoms. The molecule has 0 aromatic heterocycles. The van der Waals surface area contributed by atoms with Crippen LogP contribution in [-0.2, 0) is 59.0 Å². The Bertz CT molecular complexity index is 714. The van der Waals surface area contributed by atoms with Gasteiger partial charge >= 0.3 is 0 Å². The predicted molar refractivity (Wildman–Crippen MR) is 197 cm³/mol. The number of thiol groups is 4. The van der Waals surface area contributed by atoms with Crippen molar-refractivity contribution < 1.29 is 54.5 Å². The van der Waals surface area contributed by atoms with Gasteiger partial charge in [0.2, 0.25) is 7.51 Å². The van der Waals surface area contributed by atoms with E-state index in [0.29, 0.717) is 0 Å². The minimum atomic E-state index is -3.22. The molecule has 11 N–H and O–H groups in total. The van der Waals surface area contributed by atoms with Crippen molar-refractivity contribution in [2.75, 3.05) is 53.3 Å². The molecule has 0 aliphatic carbocycles. The van der Waals surface area contributed by atoms with E-state index < -0.39 is 43.1 Å². The summed E-state index contributed by atoms with van der Waals surface area (Å²) in [7, 11) is -5.43. The van der Waals surface area contributed by atoms with E-state index >= 15 is 0 Å². The Morgan fingerprint density at radius 1 is 0.459 bits per heavy atom. The highest BCUT2D eigenvalue weighted by Gasteiger charge is 1.95. The van der Waals surface area contributed by atoms with Crippen molar-refractivity contribution in [1.82, 2.24) is 0 Å². The first-order valence-electron chi connectivity index (χ1n) is 7.89. The van der Waals surface area contributed by atoms with Crippen LogP contribution < -0.4 is 0 Å². The Morgan fingerprint density at radius 2 is 0.514 bits per heavy atom. The van der Waals surface area contributed by atoms with Gasteiger partial charge in [0, 0.05) is 24.4 Å². The lowest BCUT2D eigenvalue weighted by molar-refractivity contribution is 0.302. The monoisotopic (exact) mass is 844 g/mol. The first-order valence-corrected chi connectivity index (χ1v) is 33.1. The maximum atomic E-state index is 8.52. The van der Waals surface area contributed by atoms with Gasteiger partial charge in [-0.05, 0) is 56.9 Å². The Labute approximate surface area is 266 Å². The van der Waals surface area contributed by atoms with Crippen molar-refractivity contribution in [2.45, 2.75) is 0 Å². The molecule has 0 saturated carbocycles. The molecule has 0 bridgehead atoms. The Hall–Kier alpha value is 4.67. The van der Waals surface area contributed by atoms with Crippen molar-refractivity contribution in [1.29, 1.82) is 0 Å². The van der Waals surface area contributed by atoms with Crippen LogP contribution in [0.1, 0.15) is 0 Å². The third kappa shape index (κ3) is 534. The van der Waals surface area contributed by atoms with E-state index in [1.54, 1.807) is 0 Å². The summed E-state index contributed by atoms with van der Waals surface area (Å²) in [5.74, 6) is 0. The summed E-state index contributed by atoms with van der Waals surface area (Å²) in [4.78, 5) is 78.2. The van der Waals surface area contributed by atoms with Gasteiger partial charge in [-0.1, -0.05) is 35.4 Å². The number of hydrogen-bond acceptors (Lipinski definition) is 7. The molecule has 0 aromatic rings. The van der Waals surface area contributed by atoms with Crippen LogP contribution in [0.25, 0.3) is 0 Å². The van der Waals surface area contributed by atoms with E-state index in [1.165, 1.54) is 40.0 Å². The SMILES string of the molecule is CP(=S)(S)S.CP(C)(O)=NO.CP(O)(=S)S.CP(O)(=S)S.CP(O)(O)=NO.CP(O)(O)=S.CP(O)(O)=S. The van der Waals surface area contributed by atoms with E-state index in [1.807, 2.05) is 6.66 Å². The minimum absolute atomic E-state index is 1.05. The third-order valence-corrected chi connectivity index (χ3v) is 1.16. The van der Waals surface area contributed by atoms with Gasteiger partial charge in [-0.2, -0.15) is 0 Å². The van der Waals surface area contributed by atoms with Crippen molar-refractivity contribution >= 4 is 151 Å². The fourth-order valence-corrected chi connectivity index (χ4v) is 0. The summed E-state index contributed by atoms with van der Waals surface area (Å²) in [5.41, 5.74) is -4.22. The van der Waals surface area contributed by atoms with Gasteiger partial charge in [-0.25, -0.2) is 0 Å². The molecule has 0 aromatic carbocycles. The molecule has 2 unspecified atom stereocenters. The van der Waals surface area contributed by atoms with Gasteiger partial charge < -0.3 is 44.0 Å². The third-order valence-electron chi connectivity index (χ3n) is 0.388. The second kappa shape index (κ2) is 27.0. The molecule has 0 saturated heterocycles. The molecule has 0 radical (unpaired) electrons. The van der Waals surface area contributed by atoms with E-state index in [4.69, 9.17) is 54.5 Å². The van der Waals surface area contributed by atoms with Gasteiger partial charge in [-0.3, -0.25) is 10.4 Å². The van der Waals surface area contributed by atoms with E-state index in [9.17, 15) is 0 Å². The quantitative estimate of drug-likeness (QED) is 0.0933. The van der Waals surface area contributed by atoms with Gasteiger partial charge in [0.25, 0.3) is 0 Å². The second-order valence-corrected chi connectivity index (χ2v) is 44.0. The molecule has 0 spiro atoms.